The van der Waals surface area contributed by atoms with Gasteiger partial charge in [0, 0.05) is 17.8 Å². The third-order valence-electron chi connectivity index (χ3n) is 3.46. The molecular weight excluding hydrogens is 279 g/mol. The van der Waals surface area contributed by atoms with Crippen LogP contribution in [0.25, 0.3) is 0 Å². The molecule has 0 aliphatic carbocycles. The summed E-state index contributed by atoms with van der Waals surface area (Å²) < 4.78 is 13.5. The number of para-hydroxylation sites is 1. The number of benzene rings is 2. The molecule has 22 heavy (non-hydrogen) atoms. The maximum absolute atomic E-state index is 13.5. The number of carbonyl (C=O) groups is 1. The number of halogens is 1. The third kappa shape index (κ3) is 4.32. The van der Waals surface area contributed by atoms with Gasteiger partial charge in [0.05, 0.1) is 6.54 Å². The van der Waals surface area contributed by atoms with Crippen molar-refractivity contribution in [2.75, 3.05) is 11.9 Å². The molecule has 3 nitrogen and oxygen atoms in total. The average molecular weight is 300 g/mol. The summed E-state index contributed by atoms with van der Waals surface area (Å²) in [5, 5.41) is 5.86. The van der Waals surface area contributed by atoms with Gasteiger partial charge in [-0.1, -0.05) is 50.2 Å². The number of hydrogen-bond donors (Lipinski definition) is 2. The minimum Gasteiger partial charge on any atom is -0.376 e. The summed E-state index contributed by atoms with van der Waals surface area (Å²) in [6.07, 6.45) is 0. The van der Waals surface area contributed by atoms with Gasteiger partial charge >= 0.3 is 0 Å². The highest BCUT2D eigenvalue weighted by molar-refractivity contribution is 5.81. The van der Waals surface area contributed by atoms with E-state index in [4.69, 9.17) is 0 Å². The Balaban J connectivity index is 1.87. The van der Waals surface area contributed by atoms with Crippen molar-refractivity contribution >= 4 is 11.6 Å². The molecule has 0 saturated heterocycles. The highest BCUT2D eigenvalue weighted by Gasteiger charge is 2.08. The minimum absolute atomic E-state index is 0.165. The third-order valence-corrected chi connectivity index (χ3v) is 3.46. The van der Waals surface area contributed by atoms with Crippen LogP contribution in [0.15, 0.2) is 48.5 Å². The Morgan fingerprint density at radius 2 is 1.77 bits per heavy atom. The van der Waals surface area contributed by atoms with E-state index in [1.807, 2.05) is 24.3 Å². The molecule has 0 heterocycles. The zero-order valence-corrected chi connectivity index (χ0v) is 12.9. The van der Waals surface area contributed by atoms with E-state index in [0.29, 0.717) is 11.5 Å². The SMILES string of the molecule is CC(C)c1ccccc1NCC(=O)NCc1ccccc1F. The van der Waals surface area contributed by atoms with Crippen molar-refractivity contribution in [1.29, 1.82) is 0 Å². The summed E-state index contributed by atoms with van der Waals surface area (Å²) in [4.78, 5) is 11.9. The summed E-state index contributed by atoms with van der Waals surface area (Å²) in [6.45, 7) is 4.58. The van der Waals surface area contributed by atoms with Crippen molar-refractivity contribution in [3.63, 3.8) is 0 Å². The van der Waals surface area contributed by atoms with Crippen LogP contribution in [-0.4, -0.2) is 12.5 Å². The molecule has 0 spiro atoms. The monoisotopic (exact) mass is 300 g/mol. The van der Waals surface area contributed by atoms with Gasteiger partial charge in [-0.15, -0.1) is 0 Å². The molecule has 2 aromatic carbocycles. The van der Waals surface area contributed by atoms with Crippen molar-refractivity contribution in [2.24, 2.45) is 0 Å². The number of amides is 1. The van der Waals surface area contributed by atoms with Gasteiger partial charge in [0.1, 0.15) is 5.82 Å². The first-order valence-electron chi connectivity index (χ1n) is 7.41. The van der Waals surface area contributed by atoms with Gasteiger partial charge in [-0.3, -0.25) is 4.79 Å². The van der Waals surface area contributed by atoms with E-state index in [0.717, 1.165) is 5.69 Å². The van der Waals surface area contributed by atoms with Crippen LogP contribution in [0.2, 0.25) is 0 Å². The highest BCUT2D eigenvalue weighted by atomic mass is 19.1. The van der Waals surface area contributed by atoms with Crippen LogP contribution in [-0.2, 0) is 11.3 Å². The van der Waals surface area contributed by atoms with Crippen molar-refractivity contribution in [2.45, 2.75) is 26.3 Å². The first kappa shape index (κ1) is 16.0. The Labute approximate surface area is 130 Å². The van der Waals surface area contributed by atoms with E-state index in [1.54, 1.807) is 18.2 Å². The standard InChI is InChI=1S/C18H21FN2O/c1-13(2)15-8-4-6-10-17(15)20-12-18(22)21-11-14-7-3-5-9-16(14)19/h3-10,13,20H,11-12H2,1-2H3,(H,21,22). The average Bonchev–Trinajstić information content (AvgIpc) is 2.52. The molecule has 0 radical (unpaired) electrons. The van der Waals surface area contributed by atoms with Crippen LogP contribution in [0.1, 0.15) is 30.9 Å². The zero-order valence-electron chi connectivity index (χ0n) is 12.9. The molecule has 0 aromatic heterocycles. The van der Waals surface area contributed by atoms with E-state index in [9.17, 15) is 9.18 Å². The van der Waals surface area contributed by atoms with Crippen LogP contribution >= 0.6 is 0 Å². The molecule has 0 aliphatic rings. The van der Waals surface area contributed by atoms with Crippen molar-refractivity contribution in [3.05, 3.63) is 65.5 Å². The molecule has 1 amide bonds. The fourth-order valence-corrected chi connectivity index (χ4v) is 2.24. The molecule has 2 N–H and O–H groups in total. The van der Waals surface area contributed by atoms with Crippen molar-refractivity contribution < 1.29 is 9.18 Å². The van der Waals surface area contributed by atoms with Gasteiger partial charge in [0.2, 0.25) is 5.91 Å². The summed E-state index contributed by atoms with van der Waals surface area (Å²) >= 11 is 0. The molecule has 0 atom stereocenters. The van der Waals surface area contributed by atoms with Crippen LogP contribution in [0.3, 0.4) is 0 Å². The fourth-order valence-electron chi connectivity index (χ4n) is 2.24. The lowest BCUT2D eigenvalue weighted by atomic mass is 10.0. The van der Waals surface area contributed by atoms with Gasteiger partial charge in [-0.05, 0) is 23.6 Å². The molecular formula is C18H21FN2O. The molecule has 0 bridgehead atoms. The first-order valence-corrected chi connectivity index (χ1v) is 7.41. The summed E-state index contributed by atoms with van der Waals surface area (Å²) in [7, 11) is 0. The van der Waals surface area contributed by atoms with Crippen molar-refractivity contribution in [3.8, 4) is 0 Å². The van der Waals surface area contributed by atoms with Gasteiger partial charge in [-0.25, -0.2) is 4.39 Å². The lowest BCUT2D eigenvalue weighted by molar-refractivity contribution is -0.119. The number of hydrogen-bond acceptors (Lipinski definition) is 2. The van der Waals surface area contributed by atoms with Crippen LogP contribution in [0.5, 0.6) is 0 Å². The Morgan fingerprint density at radius 3 is 2.50 bits per heavy atom. The molecule has 0 aliphatic heterocycles. The highest BCUT2D eigenvalue weighted by Crippen LogP contribution is 2.23. The molecule has 2 rings (SSSR count). The number of rotatable bonds is 6. The van der Waals surface area contributed by atoms with Crippen LogP contribution in [0.4, 0.5) is 10.1 Å². The summed E-state index contributed by atoms with van der Waals surface area (Å²) in [5.41, 5.74) is 2.61. The van der Waals surface area contributed by atoms with E-state index in [-0.39, 0.29) is 24.8 Å². The first-order chi connectivity index (χ1) is 10.6. The van der Waals surface area contributed by atoms with E-state index in [1.165, 1.54) is 11.6 Å². The largest absolute Gasteiger partial charge is 0.376 e. The summed E-state index contributed by atoms with van der Waals surface area (Å²) in [5.74, 6) is -0.0899. The number of carbonyl (C=O) groups excluding carboxylic acids is 1. The normalized spacial score (nSPS) is 10.5. The molecule has 0 saturated carbocycles. The second kappa shape index (κ2) is 7.59. The maximum atomic E-state index is 13.5. The van der Waals surface area contributed by atoms with Gasteiger partial charge in [0.25, 0.3) is 0 Å². The number of nitrogens with one attached hydrogen (secondary N) is 2. The zero-order chi connectivity index (χ0) is 15.9. The van der Waals surface area contributed by atoms with E-state index >= 15 is 0 Å². The minimum atomic E-state index is -0.305. The van der Waals surface area contributed by atoms with E-state index in [2.05, 4.69) is 24.5 Å². The van der Waals surface area contributed by atoms with Crippen LogP contribution in [0, 0.1) is 5.82 Å². The molecule has 116 valence electrons. The molecule has 0 unspecified atom stereocenters. The quantitative estimate of drug-likeness (QED) is 0.854. The fraction of sp³-hybridized carbons (Fsp3) is 0.278. The van der Waals surface area contributed by atoms with Crippen molar-refractivity contribution in [1.82, 2.24) is 5.32 Å². The predicted molar refractivity (Wildman–Crippen MR) is 87.3 cm³/mol. The summed E-state index contributed by atoms with van der Waals surface area (Å²) in [6, 6.07) is 14.4. The smallest absolute Gasteiger partial charge is 0.239 e. The van der Waals surface area contributed by atoms with E-state index < -0.39 is 0 Å². The second-order valence-corrected chi connectivity index (χ2v) is 5.46. The second-order valence-electron chi connectivity index (χ2n) is 5.46. The lowest BCUT2D eigenvalue weighted by Crippen LogP contribution is -2.29. The van der Waals surface area contributed by atoms with Crippen LogP contribution < -0.4 is 10.6 Å². The molecule has 4 heteroatoms. The number of anilines is 1. The Kier molecular flexibility index (Phi) is 5.53. The maximum Gasteiger partial charge on any atom is 0.239 e. The molecule has 0 fully saturated rings. The Bertz CT molecular complexity index is 640. The predicted octanol–water partition coefficient (Wildman–Crippen LogP) is 3.68. The van der Waals surface area contributed by atoms with Gasteiger partial charge < -0.3 is 10.6 Å². The lowest BCUT2D eigenvalue weighted by Gasteiger charge is -2.14. The van der Waals surface area contributed by atoms with Gasteiger partial charge in [-0.2, -0.15) is 0 Å². The Morgan fingerprint density at radius 1 is 1.09 bits per heavy atom. The Hall–Kier alpha value is -2.36. The molecule has 2 aromatic rings. The topological polar surface area (TPSA) is 41.1 Å². The van der Waals surface area contributed by atoms with Gasteiger partial charge in [0.15, 0.2) is 0 Å².